The van der Waals surface area contributed by atoms with Crippen molar-refractivity contribution in [3.63, 3.8) is 0 Å². The Hall–Kier alpha value is -0.870. The molecule has 1 unspecified atom stereocenters. The molecule has 0 saturated heterocycles. The number of rotatable bonds is 5. The minimum absolute atomic E-state index is 0.101. The maximum Gasteiger partial charge on any atom is 0.0946 e. The van der Waals surface area contributed by atoms with Crippen LogP contribution in [0.5, 0.6) is 0 Å². The molecule has 0 fully saturated rings. The molecular formula is C8H15N3O. The first-order chi connectivity index (χ1) is 5.86. The quantitative estimate of drug-likeness (QED) is 0.687. The predicted octanol–water partition coefficient (Wildman–Crippen LogP) is 0.247. The summed E-state index contributed by atoms with van der Waals surface area (Å²) in [6.45, 7) is 4.00. The SMILES string of the molecule is CCOC(CN)Cn1ccnc1. The van der Waals surface area contributed by atoms with Gasteiger partial charge in [0.2, 0.25) is 0 Å². The molecule has 0 radical (unpaired) electrons. The highest BCUT2D eigenvalue weighted by atomic mass is 16.5. The van der Waals surface area contributed by atoms with Crippen LogP contribution < -0.4 is 5.73 Å². The number of aromatic nitrogens is 2. The van der Waals surface area contributed by atoms with E-state index < -0.39 is 0 Å². The molecule has 1 aromatic rings. The third kappa shape index (κ3) is 2.64. The largest absolute Gasteiger partial charge is 0.375 e. The molecule has 1 heterocycles. The molecule has 2 N–H and O–H groups in total. The molecule has 0 saturated carbocycles. The number of hydrogen-bond acceptors (Lipinski definition) is 3. The van der Waals surface area contributed by atoms with Gasteiger partial charge in [0.25, 0.3) is 0 Å². The molecule has 0 aliphatic heterocycles. The van der Waals surface area contributed by atoms with E-state index in [1.165, 1.54) is 0 Å². The van der Waals surface area contributed by atoms with Crippen LogP contribution >= 0.6 is 0 Å². The van der Waals surface area contributed by atoms with Crippen molar-refractivity contribution >= 4 is 0 Å². The van der Waals surface area contributed by atoms with Gasteiger partial charge in [0.15, 0.2) is 0 Å². The lowest BCUT2D eigenvalue weighted by Crippen LogP contribution is -2.28. The smallest absolute Gasteiger partial charge is 0.0946 e. The Morgan fingerprint density at radius 1 is 1.67 bits per heavy atom. The summed E-state index contributed by atoms with van der Waals surface area (Å²) >= 11 is 0. The molecule has 1 atom stereocenters. The van der Waals surface area contributed by atoms with Crippen LogP contribution in [0.2, 0.25) is 0 Å². The van der Waals surface area contributed by atoms with Gasteiger partial charge in [0.1, 0.15) is 0 Å². The lowest BCUT2D eigenvalue weighted by molar-refractivity contribution is 0.0567. The van der Waals surface area contributed by atoms with Gasteiger partial charge in [-0.15, -0.1) is 0 Å². The van der Waals surface area contributed by atoms with Crippen LogP contribution in [-0.2, 0) is 11.3 Å². The van der Waals surface area contributed by atoms with Crippen LogP contribution in [0.15, 0.2) is 18.7 Å². The molecule has 1 rings (SSSR count). The Labute approximate surface area is 72.3 Å². The van der Waals surface area contributed by atoms with Crippen LogP contribution in [0, 0.1) is 0 Å². The summed E-state index contributed by atoms with van der Waals surface area (Å²) in [6, 6.07) is 0. The molecule has 4 heteroatoms. The van der Waals surface area contributed by atoms with Gasteiger partial charge in [0, 0.05) is 25.5 Å². The zero-order valence-electron chi connectivity index (χ0n) is 7.31. The summed E-state index contributed by atoms with van der Waals surface area (Å²) in [4.78, 5) is 3.94. The van der Waals surface area contributed by atoms with Crippen molar-refractivity contribution in [2.24, 2.45) is 5.73 Å². The Bertz CT molecular complexity index is 198. The predicted molar refractivity (Wildman–Crippen MR) is 46.7 cm³/mol. The van der Waals surface area contributed by atoms with Gasteiger partial charge in [-0.1, -0.05) is 0 Å². The third-order valence-electron chi connectivity index (χ3n) is 1.64. The standard InChI is InChI=1S/C8H15N3O/c1-2-12-8(5-9)6-11-4-3-10-7-11/h3-4,7-8H,2,5-6,9H2,1H3. The Morgan fingerprint density at radius 2 is 2.50 bits per heavy atom. The van der Waals surface area contributed by atoms with E-state index in [9.17, 15) is 0 Å². The second kappa shape index (κ2) is 4.90. The first-order valence-electron chi connectivity index (χ1n) is 4.14. The van der Waals surface area contributed by atoms with E-state index in [0.717, 1.165) is 6.54 Å². The molecular weight excluding hydrogens is 154 g/mol. The van der Waals surface area contributed by atoms with Crippen LogP contribution in [0.1, 0.15) is 6.92 Å². The van der Waals surface area contributed by atoms with Crippen LogP contribution in [-0.4, -0.2) is 28.8 Å². The Morgan fingerprint density at radius 3 is 3.00 bits per heavy atom. The fraction of sp³-hybridized carbons (Fsp3) is 0.625. The minimum atomic E-state index is 0.101. The van der Waals surface area contributed by atoms with E-state index >= 15 is 0 Å². The molecule has 0 aromatic carbocycles. The van der Waals surface area contributed by atoms with Gasteiger partial charge >= 0.3 is 0 Å². The second-order valence-electron chi connectivity index (χ2n) is 2.57. The molecule has 1 aromatic heterocycles. The molecule has 0 spiro atoms. The van der Waals surface area contributed by atoms with Gasteiger partial charge in [-0.3, -0.25) is 0 Å². The van der Waals surface area contributed by atoms with Gasteiger partial charge < -0.3 is 15.0 Å². The average Bonchev–Trinajstić information content (AvgIpc) is 2.56. The fourth-order valence-corrected chi connectivity index (χ4v) is 1.06. The van der Waals surface area contributed by atoms with Gasteiger partial charge in [-0.05, 0) is 6.92 Å². The van der Waals surface area contributed by atoms with Crippen molar-refractivity contribution in [1.29, 1.82) is 0 Å². The summed E-state index contributed by atoms with van der Waals surface area (Å²) in [7, 11) is 0. The molecule has 4 nitrogen and oxygen atoms in total. The zero-order valence-corrected chi connectivity index (χ0v) is 7.31. The normalized spacial score (nSPS) is 13.2. The van der Waals surface area contributed by atoms with Crippen molar-refractivity contribution in [2.75, 3.05) is 13.2 Å². The number of nitrogens with two attached hydrogens (primary N) is 1. The summed E-state index contributed by atoms with van der Waals surface area (Å²) in [6.07, 6.45) is 5.52. The summed E-state index contributed by atoms with van der Waals surface area (Å²) in [5, 5.41) is 0. The molecule has 12 heavy (non-hydrogen) atoms. The third-order valence-corrected chi connectivity index (χ3v) is 1.64. The van der Waals surface area contributed by atoms with Crippen molar-refractivity contribution < 1.29 is 4.74 Å². The Kier molecular flexibility index (Phi) is 3.76. The van der Waals surface area contributed by atoms with Gasteiger partial charge in [-0.25, -0.2) is 4.98 Å². The van der Waals surface area contributed by atoms with Crippen molar-refractivity contribution in [3.05, 3.63) is 18.7 Å². The molecule has 0 bridgehead atoms. The number of hydrogen-bond donors (Lipinski definition) is 1. The van der Waals surface area contributed by atoms with Crippen molar-refractivity contribution in [2.45, 2.75) is 19.6 Å². The topological polar surface area (TPSA) is 53.1 Å². The lowest BCUT2D eigenvalue weighted by Gasteiger charge is -2.14. The summed E-state index contributed by atoms with van der Waals surface area (Å²) in [5.41, 5.74) is 5.52. The summed E-state index contributed by atoms with van der Waals surface area (Å²) < 4.78 is 7.36. The minimum Gasteiger partial charge on any atom is -0.375 e. The highest BCUT2D eigenvalue weighted by Crippen LogP contribution is 1.95. The maximum atomic E-state index is 5.52. The van der Waals surface area contributed by atoms with E-state index in [1.54, 1.807) is 12.5 Å². The van der Waals surface area contributed by atoms with Crippen LogP contribution in [0.25, 0.3) is 0 Å². The summed E-state index contributed by atoms with van der Waals surface area (Å²) in [5.74, 6) is 0. The van der Waals surface area contributed by atoms with Crippen LogP contribution in [0.3, 0.4) is 0 Å². The van der Waals surface area contributed by atoms with Gasteiger partial charge in [-0.2, -0.15) is 0 Å². The second-order valence-corrected chi connectivity index (χ2v) is 2.57. The monoisotopic (exact) mass is 169 g/mol. The van der Waals surface area contributed by atoms with E-state index in [2.05, 4.69) is 4.98 Å². The molecule has 0 amide bonds. The zero-order chi connectivity index (χ0) is 8.81. The molecule has 0 aliphatic rings. The van der Waals surface area contributed by atoms with Crippen molar-refractivity contribution in [1.82, 2.24) is 9.55 Å². The first-order valence-corrected chi connectivity index (χ1v) is 4.14. The van der Waals surface area contributed by atoms with E-state index in [4.69, 9.17) is 10.5 Å². The van der Waals surface area contributed by atoms with Gasteiger partial charge in [0.05, 0.1) is 19.0 Å². The first kappa shape index (κ1) is 9.22. The molecule has 0 aliphatic carbocycles. The average molecular weight is 169 g/mol. The Balaban J connectivity index is 2.37. The van der Waals surface area contributed by atoms with E-state index in [1.807, 2.05) is 17.7 Å². The maximum absolute atomic E-state index is 5.52. The molecule has 68 valence electrons. The highest BCUT2D eigenvalue weighted by Gasteiger charge is 2.05. The van der Waals surface area contributed by atoms with E-state index in [-0.39, 0.29) is 6.10 Å². The van der Waals surface area contributed by atoms with E-state index in [0.29, 0.717) is 13.2 Å². The fourth-order valence-electron chi connectivity index (χ4n) is 1.06. The number of nitrogens with zero attached hydrogens (tertiary/aromatic N) is 2. The number of ether oxygens (including phenoxy) is 1. The van der Waals surface area contributed by atoms with Crippen LogP contribution in [0.4, 0.5) is 0 Å². The lowest BCUT2D eigenvalue weighted by atomic mass is 10.3. The number of imidazole rings is 1. The van der Waals surface area contributed by atoms with Crippen molar-refractivity contribution in [3.8, 4) is 0 Å². The highest BCUT2D eigenvalue weighted by molar-refractivity contribution is 4.76.